The molecule has 5 heteroatoms. The Morgan fingerprint density at radius 2 is 1.20 bits per heavy atom. The molecule has 0 spiro atoms. The molecule has 28 valence electrons. The van der Waals surface area contributed by atoms with Crippen molar-refractivity contribution >= 4 is 54.9 Å². The van der Waals surface area contributed by atoms with Gasteiger partial charge >= 0.3 is 85.2 Å². The molecule has 0 amide bonds. The summed E-state index contributed by atoms with van der Waals surface area (Å²) in [5.41, 5.74) is 15.1. The third-order valence-corrected chi connectivity index (χ3v) is 0. The van der Waals surface area contributed by atoms with Crippen molar-refractivity contribution in [3.8, 4) is 0 Å². The van der Waals surface area contributed by atoms with Crippen LogP contribution in [0, 0.1) is 30.3 Å². The van der Waals surface area contributed by atoms with Crippen LogP contribution in [0.2, 0.25) is 0 Å². The summed E-state index contributed by atoms with van der Waals surface area (Å²) in [5.74, 6) is 0. The summed E-state index contributed by atoms with van der Waals surface area (Å²) in [6, 6.07) is 0. The normalized spacial score (nSPS) is 5.40. The van der Waals surface area contributed by atoms with Crippen molar-refractivity contribution in [2.45, 2.75) is 0 Å². The molecule has 0 heterocycles. The minimum Gasteiger partial charge on any atom is -1.00 e. The average Bonchev–Trinajstić information content (AvgIpc) is 0.811. The molecule has 0 aliphatic heterocycles. The van der Waals surface area contributed by atoms with Crippen LogP contribution in [0.15, 0.2) is 0 Å². The second-order valence-corrected chi connectivity index (χ2v) is 16.5. The smallest absolute Gasteiger partial charge is 1.00 e. The zero-order valence-electron chi connectivity index (χ0n) is 4.42. The molecule has 0 atom stereocenters. The fraction of sp³-hybridized carbons (Fsp3) is 0. The van der Waals surface area contributed by atoms with Crippen LogP contribution < -0.4 is 0 Å². The molecule has 0 unspecified atom stereocenters. The maximum absolute atomic E-state index is 5.03. The summed E-state index contributed by atoms with van der Waals surface area (Å²) < 4.78 is 0. The Labute approximate surface area is 85.3 Å². The molecule has 0 fully saturated rings. The van der Waals surface area contributed by atoms with E-state index in [1.807, 2.05) is 0 Å². The quantitative estimate of drug-likeness (QED) is 0.598. The molecule has 0 nitrogen and oxygen atoms in total. The van der Waals surface area contributed by atoms with E-state index in [4.69, 9.17) is 17.1 Å². The van der Waals surface area contributed by atoms with E-state index in [1.165, 1.54) is 0 Å². The van der Waals surface area contributed by atoms with Crippen molar-refractivity contribution in [1.82, 2.24) is 0 Å². The SMILES string of the molecule is [Ca+2].[Cl][Pr]([Cl])[Cl].[H-].[H-]. The molecule has 0 bridgehead atoms. The van der Waals surface area contributed by atoms with Gasteiger partial charge in [0.2, 0.25) is 0 Å². The van der Waals surface area contributed by atoms with E-state index >= 15 is 0 Å². The third kappa shape index (κ3) is 18.5. The van der Waals surface area contributed by atoms with Gasteiger partial charge in [-0.05, 0) is 0 Å². The van der Waals surface area contributed by atoms with E-state index in [0.717, 1.165) is 0 Å². The van der Waals surface area contributed by atoms with Crippen LogP contribution in [0.1, 0.15) is 2.85 Å². The Morgan fingerprint density at radius 3 is 1.20 bits per heavy atom. The predicted molar refractivity (Wildman–Crippen MR) is 25.5 cm³/mol. The van der Waals surface area contributed by atoms with Gasteiger partial charge in [0.15, 0.2) is 0 Å². The van der Waals surface area contributed by atoms with Gasteiger partial charge in [-0.1, -0.05) is 0 Å². The second-order valence-electron chi connectivity index (χ2n) is 0.247. The summed E-state index contributed by atoms with van der Waals surface area (Å²) in [7, 11) is 0. The van der Waals surface area contributed by atoms with Crippen LogP contribution in [-0.2, 0) is 0 Å². The van der Waals surface area contributed by atoms with Crippen molar-refractivity contribution in [1.29, 1.82) is 0 Å². The fourth-order valence-corrected chi connectivity index (χ4v) is 0. The van der Waals surface area contributed by atoms with Crippen LogP contribution in [0.25, 0.3) is 0 Å². The van der Waals surface area contributed by atoms with Crippen molar-refractivity contribution in [3.05, 3.63) is 0 Å². The molecule has 0 saturated heterocycles. The Bertz CT molecular complexity index is 17.7. The van der Waals surface area contributed by atoms with E-state index in [-0.39, 0.29) is 40.6 Å². The van der Waals surface area contributed by atoms with E-state index in [1.54, 1.807) is 0 Å². The zero-order chi connectivity index (χ0) is 3.58. The number of halogens is 3. The van der Waals surface area contributed by atoms with Gasteiger partial charge < -0.3 is 2.85 Å². The molecular formula is H2CaCl3Pr. The van der Waals surface area contributed by atoms with E-state index in [2.05, 4.69) is 0 Å². The molecule has 5 heavy (non-hydrogen) atoms. The Morgan fingerprint density at radius 1 is 1.20 bits per heavy atom. The van der Waals surface area contributed by atoms with Crippen LogP contribution >= 0.6 is 17.1 Å². The van der Waals surface area contributed by atoms with Gasteiger partial charge in [-0.2, -0.15) is 0 Å². The maximum atomic E-state index is 5.03. The first-order valence-corrected chi connectivity index (χ1v) is 14.6. The van der Waals surface area contributed by atoms with Gasteiger partial charge in [-0.15, -0.1) is 0 Å². The first-order valence-electron chi connectivity index (χ1n) is 0.655. The Balaban J connectivity index is -0.0000000150. The van der Waals surface area contributed by atoms with Crippen molar-refractivity contribution in [2.24, 2.45) is 0 Å². The first-order chi connectivity index (χ1) is 1.73. The monoisotopic (exact) mass is 288 g/mol. The molecule has 0 radical (unpaired) electrons. The van der Waals surface area contributed by atoms with Crippen molar-refractivity contribution < 1.29 is 33.1 Å². The van der Waals surface area contributed by atoms with E-state index in [0.29, 0.717) is 0 Å². The fourth-order valence-electron chi connectivity index (χ4n) is 0. The summed E-state index contributed by atoms with van der Waals surface area (Å²) in [6.07, 6.45) is 0. The summed E-state index contributed by atoms with van der Waals surface area (Å²) >= 11 is -2.31. The zero-order valence-corrected chi connectivity index (χ0v) is 10.6. The van der Waals surface area contributed by atoms with Gasteiger partial charge in [-0.3, -0.25) is 0 Å². The predicted octanol–water partition coefficient (Wildman–Crippen LogP) is 1.91. The largest absolute Gasteiger partial charge is 1.00 e. The minimum atomic E-state index is -2.31. The summed E-state index contributed by atoms with van der Waals surface area (Å²) in [6.45, 7) is 0. The van der Waals surface area contributed by atoms with Crippen LogP contribution in [0.4, 0.5) is 0 Å². The maximum Gasteiger partial charge on any atom is -1.00 e. The second kappa shape index (κ2) is 7.49. The number of hydrogen-bond acceptors (Lipinski definition) is 0. The van der Waals surface area contributed by atoms with Crippen LogP contribution in [0.3, 0.4) is 0 Å². The topological polar surface area (TPSA) is 0 Å². The van der Waals surface area contributed by atoms with Gasteiger partial charge in [0, 0.05) is 0 Å². The standard InChI is InChI=1S/Ca.3ClH.Pr.2H/h;3*1H;;;/q+2;;;;+3;2*-1/p-3. The first kappa shape index (κ1) is 11.3. The summed E-state index contributed by atoms with van der Waals surface area (Å²) in [5, 5.41) is 0. The van der Waals surface area contributed by atoms with Gasteiger partial charge in [-0.25, -0.2) is 0 Å². The molecule has 0 saturated carbocycles. The molecule has 0 aromatic rings. The van der Waals surface area contributed by atoms with E-state index in [9.17, 15) is 0 Å². The van der Waals surface area contributed by atoms with Crippen LogP contribution in [0.5, 0.6) is 0 Å². The third-order valence-electron chi connectivity index (χ3n) is 0. The molecule has 0 aliphatic rings. The van der Waals surface area contributed by atoms with Crippen molar-refractivity contribution in [3.63, 3.8) is 0 Å². The van der Waals surface area contributed by atoms with Gasteiger partial charge in [0.05, 0.1) is 0 Å². The van der Waals surface area contributed by atoms with Crippen LogP contribution in [-0.4, -0.2) is 37.7 Å². The number of hydrogen-bond donors (Lipinski definition) is 0. The summed E-state index contributed by atoms with van der Waals surface area (Å²) in [4.78, 5) is 0. The van der Waals surface area contributed by atoms with Gasteiger partial charge in [0.25, 0.3) is 0 Å². The molecular weight excluding hydrogens is 287 g/mol. The Hall–Kier alpha value is 3.49. The van der Waals surface area contributed by atoms with Crippen molar-refractivity contribution in [2.75, 3.05) is 0 Å². The minimum absolute atomic E-state index is 0. The molecule has 0 aromatic heterocycles. The number of rotatable bonds is 0. The average molecular weight is 289 g/mol. The van der Waals surface area contributed by atoms with Gasteiger partial charge in [0.1, 0.15) is 0 Å². The Kier molecular flexibility index (Phi) is 17.0. The molecule has 0 N–H and O–H groups in total. The molecule has 0 rings (SSSR count). The van der Waals surface area contributed by atoms with E-state index < -0.39 is 30.3 Å². The molecule has 0 aliphatic carbocycles. The molecule has 0 aromatic carbocycles.